The second kappa shape index (κ2) is 6.41. The van der Waals surface area contributed by atoms with Crippen molar-refractivity contribution in [3.8, 4) is 0 Å². The summed E-state index contributed by atoms with van der Waals surface area (Å²) in [4.78, 5) is 17.6. The lowest BCUT2D eigenvalue weighted by Crippen LogP contribution is -2.10. The highest BCUT2D eigenvalue weighted by Crippen LogP contribution is 2.30. The van der Waals surface area contributed by atoms with Crippen LogP contribution in [-0.2, 0) is 10.0 Å². The van der Waals surface area contributed by atoms with Crippen molar-refractivity contribution >= 4 is 49.1 Å². The number of rotatable bonds is 3. The number of aromatic nitrogens is 1. The Morgan fingerprint density at radius 3 is 2.69 bits per heavy atom. The summed E-state index contributed by atoms with van der Waals surface area (Å²) in [5, 5.41) is 3.81. The Morgan fingerprint density at radius 2 is 1.96 bits per heavy atom. The lowest BCUT2D eigenvalue weighted by Gasteiger charge is -2.07. The highest BCUT2D eigenvalue weighted by Gasteiger charge is 2.14. The van der Waals surface area contributed by atoms with Crippen LogP contribution < -0.4 is 10.2 Å². The lowest BCUT2D eigenvalue weighted by atomic mass is 10.0. The van der Waals surface area contributed by atoms with Gasteiger partial charge in [0.1, 0.15) is 0 Å². The number of thioether (sulfide) groups is 1. The third kappa shape index (κ3) is 3.32. The second-order valence-corrected chi connectivity index (χ2v) is 9.00. The smallest absolute Gasteiger partial charge is 0.229 e. The standard InChI is InChI=1S/C19H16N2O3S2/c1-26(23,24)21-15-4-2-12-3-5-18-17(19(22)16(12)9-15)8-14(10-20-18)13-6-7-25-11-13/h2-10,13,21H,11H2,1H3. The number of nitrogens with zero attached hydrogens (tertiary/aromatic N) is 1. The van der Waals surface area contributed by atoms with Gasteiger partial charge in [0.05, 0.1) is 11.8 Å². The minimum atomic E-state index is -3.41. The van der Waals surface area contributed by atoms with Gasteiger partial charge in [-0.25, -0.2) is 8.42 Å². The first kappa shape index (κ1) is 17.1. The number of hydrogen-bond donors (Lipinski definition) is 1. The zero-order valence-corrected chi connectivity index (χ0v) is 15.6. The molecule has 1 N–H and O–H groups in total. The molecule has 1 aliphatic rings. The van der Waals surface area contributed by atoms with Gasteiger partial charge in [-0.2, -0.15) is 0 Å². The van der Waals surface area contributed by atoms with E-state index in [1.807, 2.05) is 24.4 Å². The quantitative estimate of drug-likeness (QED) is 0.748. The average molecular weight is 384 g/mol. The maximum atomic E-state index is 13.1. The monoisotopic (exact) mass is 384 g/mol. The molecule has 7 heteroatoms. The van der Waals surface area contributed by atoms with Crippen LogP contribution in [0.25, 0.3) is 21.7 Å². The molecule has 0 aliphatic carbocycles. The van der Waals surface area contributed by atoms with Crippen LogP contribution in [0.3, 0.4) is 0 Å². The van der Waals surface area contributed by atoms with Crippen molar-refractivity contribution in [2.75, 3.05) is 16.7 Å². The fraction of sp³-hybridized carbons (Fsp3) is 0.158. The van der Waals surface area contributed by atoms with Crippen molar-refractivity contribution in [3.05, 3.63) is 69.9 Å². The molecule has 0 bridgehead atoms. The maximum absolute atomic E-state index is 13.1. The Kier molecular flexibility index (Phi) is 4.20. The van der Waals surface area contributed by atoms with Gasteiger partial charge < -0.3 is 0 Å². The number of nitrogens with one attached hydrogen (secondary N) is 1. The fourth-order valence-corrected chi connectivity index (χ4v) is 4.55. The first-order valence-electron chi connectivity index (χ1n) is 8.03. The maximum Gasteiger partial charge on any atom is 0.229 e. The van der Waals surface area contributed by atoms with E-state index in [4.69, 9.17) is 0 Å². The largest absolute Gasteiger partial charge is 0.289 e. The van der Waals surface area contributed by atoms with Crippen molar-refractivity contribution in [1.29, 1.82) is 0 Å². The molecule has 0 fully saturated rings. The normalized spacial score (nSPS) is 17.0. The first-order chi connectivity index (χ1) is 12.4. The van der Waals surface area contributed by atoms with E-state index < -0.39 is 10.0 Å². The molecule has 4 rings (SSSR count). The number of pyridine rings is 1. The molecular formula is C19H16N2O3S2. The van der Waals surface area contributed by atoms with Crippen molar-refractivity contribution in [2.24, 2.45) is 0 Å². The van der Waals surface area contributed by atoms with E-state index in [1.54, 1.807) is 30.0 Å². The van der Waals surface area contributed by atoms with Crippen LogP contribution in [0.1, 0.15) is 11.5 Å². The van der Waals surface area contributed by atoms with Crippen LogP contribution in [0.5, 0.6) is 0 Å². The summed E-state index contributed by atoms with van der Waals surface area (Å²) < 4.78 is 25.4. The zero-order valence-electron chi connectivity index (χ0n) is 14.0. The molecule has 1 aromatic heterocycles. The Labute approximate surface area is 155 Å². The van der Waals surface area contributed by atoms with Gasteiger partial charge in [-0.3, -0.25) is 14.5 Å². The van der Waals surface area contributed by atoms with Crippen molar-refractivity contribution < 1.29 is 8.42 Å². The van der Waals surface area contributed by atoms with E-state index in [-0.39, 0.29) is 11.3 Å². The van der Waals surface area contributed by atoms with Crippen LogP contribution in [-0.4, -0.2) is 25.4 Å². The molecule has 2 heterocycles. The number of benzene rings is 1. The number of fused-ring (bicyclic) bond motifs is 2. The van der Waals surface area contributed by atoms with Crippen LogP contribution in [0.2, 0.25) is 0 Å². The van der Waals surface area contributed by atoms with Gasteiger partial charge in [0.25, 0.3) is 0 Å². The summed E-state index contributed by atoms with van der Waals surface area (Å²) in [6.45, 7) is 0. The lowest BCUT2D eigenvalue weighted by molar-refractivity contribution is 0.607. The van der Waals surface area contributed by atoms with E-state index in [0.29, 0.717) is 22.0 Å². The average Bonchev–Trinajstić information content (AvgIpc) is 3.09. The number of allylic oxidation sites excluding steroid dienone is 1. The number of hydrogen-bond acceptors (Lipinski definition) is 5. The Bertz CT molecular complexity index is 1220. The Hall–Kier alpha value is -2.38. The molecule has 1 aliphatic heterocycles. The topological polar surface area (TPSA) is 76.1 Å². The Morgan fingerprint density at radius 1 is 1.15 bits per heavy atom. The summed E-state index contributed by atoms with van der Waals surface area (Å²) >= 11 is 1.74. The van der Waals surface area contributed by atoms with Crippen molar-refractivity contribution in [1.82, 2.24) is 4.98 Å². The molecule has 132 valence electrons. The van der Waals surface area contributed by atoms with Crippen LogP contribution >= 0.6 is 11.8 Å². The van der Waals surface area contributed by atoms with E-state index in [2.05, 4.69) is 21.2 Å². The predicted octanol–water partition coefficient (Wildman–Crippen LogP) is 3.46. The molecule has 0 radical (unpaired) electrons. The molecule has 0 amide bonds. The van der Waals surface area contributed by atoms with Gasteiger partial charge >= 0.3 is 0 Å². The zero-order chi connectivity index (χ0) is 18.3. The van der Waals surface area contributed by atoms with Crippen molar-refractivity contribution in [2.45, 2.75) is 5.92 Å². The summed E-state index contributed by atoms with van der Waals surface area (Å²) in [7, 11) is -3.41. The first-order valence-corrected chi connectivity index (χ1v) is 11.0. The second-order valence-electron chi connectivity index (χ2n) is 6.31. The summed E-state index contributed by atoms with van der Waals surface area (Å²) in [5.41, 5.74) is 1.86. The summed E-state index contributed by atoms with van der Waals surface area (Å²) in [6.07, 6.45) is 5.02. The third-order valence-corrected chi connectivity index (χ3v) is 5.82. The molecule has 0 saturated carbocycles. The highest BCUT2D eigenvalue weighted by molar-refractivity contribution is 8.02. The summed E-state index contributed by atoms with van der Waals surface area (Å²) in [5.74, 6) is 1.21. The molecule has 1 unspecified atom stereocenters. The van der Waals surface area contributed by atoms with Gasteiger partial charge in [-0.1, -0.05) is 18.2 Å². The van der Waals surface area contributed by atoms with E-state index in [1.165, 1.54) is 0 Å². The van der Waals surface area contributed by atoms with Crippen LogP contribution in [0, 0.1) is 0 Å². The minimum absolute atomic E-state index is 0.152. The Balaban J connectivity index is 1.96. The van der Waals surface area contributed by atoms with Crippen molar-refractivity contribution in [3.63, 3.8) is 0 Å². The van der Waals surface area contributed by atoms with Crippen LogP contribution in [0.15, 0.2) is 58.9 Å². The molecule has 1 atom stereocenters. The molecule has 3 aromatic rings. The highest BCUT2D eigenvalue weighted by atomic mass is 32.2. The molecule has 26 heavy (non-hydrogen) atoms. The number of anilines is 1. The van der Waals surface area contributed by atoms with E-state index >= 15 is 0 Å². The molecule has 0 spiro atoms. The van der Waals surface area contributed by atoms with Gasteiger partial charge in [-0.15, -0.1) is 11.8 Å². The molecule has 0 saturated heterocycles. The van der Waals surface area contributed by atoms with Gasteiger partial charge in [-0.05, 0) is 40.6 Å². The van der Waals surface area contributed by atoms with Gasteiger partial charge in [0, 0.05) is 34.3 Å². The third-order valence-electron chi connectivity index (χ3n) is 4.32. The SMILES string of the molecule is CS(=O)(=O)Nc1ccc2ccc3ncc(C4C=CSC4)cc3c(=O)c2c1. The fourth-order valence-electron chi connectivity index (χ4n) is 3.07. The summed E-state index contributed by atoms with van der Waals surface area (Å²) in [6, 6.07) is 10.5. The predicted molar refractivity (Wildman–Crippen MR) is 108 cm³/mol. The van der Waals surface area contributed by atoms with Crippen LogP contribution in [0.4, 0.5) is 5.69 Å². The minimum Gasteiger partial charge on any atom is -0.289 e. The number of sulfonamides is 1. The van der Waals surface area contributed by atoms with Gasteiger partial charge in [0.15, 0.2) is 5.43 Å². The van der Waals surface area contributed by atoms with Gasteiger partial charge in [0.2, 0.25) is 10.0 Å². The molecular weight excluding hydrogens is 368 g/mol. The molecule has 5 nitrogen and oxygen atoms in total. The molecule has 2 aromatic carbocycles. The van der Waals surface area contributed by atoms with E-state index in [0.717, 1.165) is 23.0 Å². The van der Waals surface area contributed by atoms with E-state index in [9.17, 15) is 13.2 Å².